The van der Waals surface area contributed by atoms with E-state index in [9.17, 15) is 4.79 Å². The lowest BCUT2D eigenvalue weighted by molar-refractivity contribution is -0.162. The van der Waals surface area contributed by atoms with Crippen molar-refractivity contribution < 1.29 is 9.53 Å². The highest BCUT2D eigenvalue weighted by molar-refractivity contribution is 5.85. The molecule has 4 heteroatoms. The van der Waals surface area contributed by atoms with Gasteiger partial charge in [0.25, 0.3) is 0 Å². The van der Waals surface area contributed by atoms with Gasteiger partial charge in [-0.1, -0.05) is 29.8 Å². The summed E-state index contributed by atoms with van der Waals surface area (Å²) in [5.74, 6) is 0.372. The standard InChI is InChI=1S/C20H27NO2.ClH/c1-13-6-8-14(9-7-13)17-12-15-10-11-18(21(15)2)19(17)20(22)23-16-4-3-5-16;/h6-9,15-19H,3-5,10-12H2,1-2H3;1H/t15-,17-,18?,19+;/m1./s1. The van der Waals surface area contributed by atoms with Gasteiger partial charge in [0.05, 0.1) is 5.92 Å². The minimum atomic E-state index is 0. The highest BCUT2D eigenvalue weighted by Crippen LogP contribution is 2.47. The average molecular weight is 350 g/mol. The molecule has 1 saturated carbocycles. The fourth-order valence-electron chi connectivity index (χ4n) is 4.68. The Morgan fingerprint density at radius 3 is 2.46 bits per heavy atom. The number of hydrogen-bond donors (Lipinski definition) is 0. The lowest BCUT2D eigenvalue weighted by atomic mass is 9.76. The molecule has 132 valence electrons. The number of hydrogen-bond acceptors (Lipinski definition) is 3. The van der Waals surface area contributed by atoms with Crippen LogP contribution >= 0.6 is 12.4 Å². The first kappa shape index (κ1) is 17.8. The topological polar surface area (TPSA) is 29.5 Å². The molecule has 0 N–H and O–H groups in total. The van der Waals surface area contributed by atoms with Crippen molar-refractivity contribution in [3.05, 3.63) is 35.4 Å². The van der Waals surface area contributed by atoms with Gasteiger partial charge in [-0.25, -0.2) is 0 Å². The van der Waals surface area contributed by atoms with Crippen molar-refractivity contribution in [2.24, 2.45) is 5.92 Å². The minimum Gasteiger partial charge on any atom is -0.462 e. The molecular formula is C20H28ClNO2. The van der Waals surface area contributed by atoms with Crippen LogP contribution in [0.5, 0.6) is 0 Å². The van der Waals surface area contributed by atoms with Crippen LogP contribution in [0.1, 0.15) is 55.6 Å². The molecule has 2 bridgehead atoms. The third kappa shape index (κ3) is 3.09. The van der Waals surface area contributed by atoms with Gasteiger partial charge in [0, 0.05) is 18.0 Å². The van der Waals surface area contributed by atoms with E-state index in [1.165, 1.54) is 24.0 Å². The monoisotopic (exact) mass is 349 g/mol. The molecule has 24 heavy (non-hydrogen) atoms. The second kappa shape index (κ2) is 7.05. The summed E-state index contributed by atoms with van der Waals surface area (Å²) in [5, 5.41) is 0. The molecule has 3 fully saturated rings. The second-order valence-corrected chi connectivity index (χ2v) is 7.73. The van der Waals surface area contributed by atoms with E-state index in [-0.39, 0.29) is 30.4 Å². The van der Waals surface area contributed by atoms with E-state index in [4.69, 9.17) is 4.74 Å². The SMILES string of the molecule is Cc1ccc([C@H]2C[C@H]3CCC([C@H]2C(=O)OC2CCC2)N3C)cc1.Cl. The van der Waals surface area contributed by atoms with Gasteiger partial charge in [-0.2, -0.15) is 0 Å². The van der Waals surface area contributed by atoms with Crippen LogP contribution in [0.3, 0.4) is 0 Å². The van der Waals surface area contributed by atoms with E-state index in [2.05, 4.69) is 43.1 Å². The number of esters is 1. The quantitative estimate of drug-likeness (QED) is 0.770. The number of benzene rings is 1. The molecule has 2 aliphatic heterocycles. The number of aryl methyl sites for hydroxylation is 1. The maximum absolute atomic E-state index is 12.9. The summed E-state index contributed by atoms with van der Waals surface area (Å²) in [5.41, 5.74) is 2.59. The molecule has 0 aromatic heterocycles. The number of fused-ring (bicyclic) bond motifs is 2. The van der Waals surface area contributed by atoms with Crippen LogP contribution < -0.4 is 0 Å². The molecule has 2 heterocycles. The van der Waals surface area contributed by atoms with Crippen molar-refractivity contribution in [3.63, 3.8) is 0 Å². The highest BCUT2D eigenvalue weighted by Gasteiger charge is 2.50. The first-order valence-electron chi connectivity index (χ1n) is 9.12. The Labute approximate surface area is 151 Å². The Bertz CT molecular complexity index is 584. The molecule has 3 aliphatic rings. The van der Waals surface area contributed by atoms with Crippen LogP contribution in [0, 0.1) is 12.8 Å². The third-order valence-corrected chi connectivity index (χ3v) is 6.38. The number of nitrogens with zero attached hydrogens (tertiary/aromatic N) is 1. The van der Waals surface area contributed by atoms with Crippen LogP contribution in [0.25, 0.3) is 0 Å². The molecule has 0 radical (unpaired) electrons. The van der Waals surface area contributed by atoms with Gasteiger partial charge in [0.2, 0.25) is 0 Å². The Kier molecular flexibility index (Phi) is 5.22. The van der Waals surface area contributed by atoms with Gasteiger partial charge in [-0.3, -0.25) is 9.69 Å². The van der Waals surface area contributed by atoms with Crippen molar-refractivity contribution in [3.8, 4) is 0 Å². The molecule has 2 saturated heterocycles. The van der Waals surface area contributed by atoms with Crippen LogP contribution in [-0.2, 0) is 9.53 Å². The van der Waals surface area contributed by atoms with Gasteiger partial charge in [-0.15, -0.1) is 12.4 Å². The minimum absolute atomic E-state index is 0. The largest absolute Gasteiger partial charge is 0.462 e. The van der Waals surface area contributed by atoms with Gasteiger partial charge < -0.3 is 4.74 Å². The smallest absolute Gasteiger partial charge is 0.311 e. The average Bonchev–Trinajstić information content (AvgIpc) is 2.74. The molecule has 4 rings (SSSR count). The van der Waals surface area contributed by atoms with E-state index in [1.807, 2.05) is 0 Å². The molecule has 1 aromatic carbocycles. The van der Waals surface area contributed by atoms with Crippen molar-refractivity contribution in [1.29, 1.82) is 0 Å². The predicted octanol–water partition coefficient (Wildman–Crippen LogP) is 4.08. The number of rotatable bonds is 3. The normalized spacial score (nSPS) is 32.8. The number of ether oxygens (including phenoxy) is 1. The lowest BCUT2D eigenvalue weighted by Gasteiger charge is -2.42. The summed E-state index contributed by atoms with van der Waals surface area (Å²) < 4.78 is 5.83. The molecule has 1 unspecified atom stereocenters. The Morgan fingerprint density at radius 1 is 1.12 bits per heavy atom. The van der Waals surface area contributed by atoms with E-state index in [0.29, 0.717) is 18.0 Å². The summed E-state index contributed by atoms with van der Waals surface area (Å²) in [6.45, 7) is 2.12. The van der Waals surface area contributed by atoms with Crippen molar-refractivity contribution in [2.75, 3.05) is 7.05 Å². The highest BCUT2D eigenvalue weighted by atomic mass is 35.5. The third-order valence-electron chi connectivity index (χ3n) is 6.38. The van der Waals surface area contributed by atoms with Crippen LogP contribution in [0.2, 0.25) is 0 Å². The fraction of sp³-hybridized carbons (Fsp3) is 0.650. The van der Waals surface area contributed by atoms with Crippen LogP contribution in [0.15, 0.2) is 24.3 Å². The van der Waals surface area contributed by atoms with Crippen molar-refractivity contribution in [1.82, 2.24) is 4.90 Å². The summed E-state index contributed by atoms with van der Waals surface area (Å²) in [6, 6.07) is 9.75. The Balaban J connectivity index is 0.00000169. The van der Waals surface area contributed by atoms with Crippen LogP contribution in [0.4, 0.5) is 0 Å². The van der Waals surface area contributed by atoms with Gasteiger partial charge in [0.1, 0.15) is 6.10 Å². The van der Waals surface area contributed by atoms with Crippen molar-refractivity contribution >= 4 is 18.4 Å². The van der Waals surface area contributed by atoms with E-state index in [1.54, 1.807) is 0 Å². The maximum atomic E-state index is 12.9. The van der Waals surface area contributed by atoms with Gasteiger partial charge in [0.15, 0.2) is 0 Å². The zero-order valence-corrected chi connectivity index (χ0v) is 15.4. The molecule has 1 aromatic rings. The number of carbonyl (C=O) groups is 1. The van der Waals surface area contributed by atoms with Gasteiger partial charge >= 0.3 is 5.97 Å². The second-order valence-electron chi connectivity index (χ2n) is 7.73. The summed E-state index contributed by atoms with van der Waals surface area (Å²) in [6.07, 6.45) is 6.93. The predicted molar refractivity (Wildman–Crippen MR) is 97.6 cm³/mol. The Hall–Kier alpha value is -1.06. The van der Waals surface area contributed by atoms with Gasteiger partial charge in [-0.05, 0) is 58.1 Å². The summed E-state index contributed by atoms with van der Waals surface area (Å²) in [7, 11) is 2.19. The molecule has 3 nitrogen and oxygen atoms in total. The summed E-state index contributed by atoms with van der Waals surface area (Å²) >= 11 is 0. The fourth-order valence-corrected chi connectivity index (χ4v) is 4.68. The number of piperidine rings is 1. The molecule has 4 atom stereocenters. The van der Waals surface area contributed by atoms with Crippen molar-refractivity contribution in [2.45, 2.75) is 69.6 Å². The molecule has 1 aliphatic carbocycles. The van der Waals surface area contributed by atoms with E-state index >= 15 is 0 Å². The lowest BCUT2D eigenvalue weighted by Crippen LogP contribution is -2.49. The number of halogens is 1. The maximum Gasteiger partial charge on any atom is 0.311 e. The zero-order valence-electron chi connectivity index (χ0n) is 14.6. The molecular weight excluding hydrogens is 322 g/mol. The zero-order chi connectivity index (χ0) is 16.0. The Morgan fingerprint density at radius 2 is 1.83 bits per heavy atom. The first-order valence-corrected chi connectivity index (χ1v) is 9.12. The molecule has 0 amide bonds. The first-order chi connectivity index (χ1) is 11.1. The summed E-state index contributed by atoms with van der Waals surface area (Å²) in [4.78, 5) is 15.4. The van der Waals surface area contributed by atoms with Crippen LogP contribution in [-0.4, -0.2) is 36.1 Å². The van der Waals surface area contributed by atoms with E-state index in [0.717, 1.165) is 25.7 Å². The molecule has 0 spiro atoms. The number of carbonyl (C=O) groups excluding carboxylic acids is 1. The van der Waals surface area contributed by atoms with E-state index < -0.39 is 0 Å².